The molecule has 0 unspecified atom stereocenters. The predicted molar refractivity (Wildman–Crippen MR) is 177 cm³/mol. The monoisotopic (exact) mass is 628 g/mol. The summed E-state index contributed by atoms with van der Waals surface area (Å²) in [6.07, 6.45) is -2.72. The van der Waals surface area contributed by atoms with E-state index in [1.165, 1.54) is 6.07 Å². The molecular formula is C35H35F3N6O2. The normalized spacial score (nSPS) is 16.0. The van der Waals surface area contributed by atoms with Gasteiger partial charge in [-0.05, 0) is 93.6 Å². The third kappa shape index (κ3) is 6.36. The fourth-order valence-corrected chi connectivity index (χ4v) is 5.77. The van der Waals surface area contributed by atoms with E-state index in [1.807, 2.05) is 57.0 Å². The minimum Gasteiger partial charge on any atom is -0.369 e. The van der Waals surface area contributed by atoms with E-state index >= 15 is 0 Å². The Kier molecular flexibility index (Phi) is 8.11. The molecule has 6 rings (SSSR count). The smallest absolute Gasteiger partial charge is 0.369 e. The topological polar surface area (TPSA) is 92.5 Å². The number of aryl methyl sites for hydroxylation is 1. The zero-order valence-corrected chi connectivity index (χ0v) is 26.0. The van der Waals surface area contributed by atoms with Crippen molar-refractivity contribution in [2.24, 2.45) is 0 Å². The Morgan fingerprint density at radius 1 is 0.891 bits per heavy atom. The fourth-order valence-electron chi connectivity index (χ4n) is 5.77. The molecule has 0 aliphatic carbocycles. The third-order valence-electron chi connectivity index (χ3n) is 8.73. The van der Waals surface area contributed by atoms with Crippen molar-refractivity contribution in [1.82, 2.24) is 9.88 Å². The highest BCUT2D eigenvalue weighted by Crippen LogP contribution is 2.37. The predicted octanol–water partition coefficient (Wildman–Crippen LogP) is 7.20. The lowest BCUT2D eigenvalue weighted by atomic mass is 10.0. The van der Waals surface area contributed by atoms with Gasteiger partial charge in [-0.15, -0.1) is 0 Å². The number of halogens is 3. The van der Waals surface area contributed by atoms with Crippen LogP contribution in [0.25, 0.3) is 11.6 Å². The number of rotatable bonds is 6. The van der Waals surface area contributed by atoms with E-state index in [-0.39, 0.29) is 11.5 Å². The molecule has 238 valence electrons. The maximum atomic E-state index is 13.8. The molecule has 0 saturated carbocycles. The van der Waals surface area contributed by atoms with Gasteiger partial charge in [0, 0.05) is 71.4 Å². The van der Waals surface area contributed by atoms with Gasteiger partial charge in [0.25, 0.3) is 11.8 Å². The van der Waals surface area contributed by atoms with E-state index in [4.69, 9.17) is 0 Å². The van der Waals surface area contributed by atoms with Crippen molar-refractivity contribution in [3.63, 3.8) is 0 Å². The lowest BCUT2D eigenvalue weighted by Crippen LogP contribution is -2.44. The largest absolute Gasteiger partial charge is 0.416 e. The summed E-state index contributed by atoms with van der Waals surface area (Å²) in [7, 11) is 1.97. The number of nitrogens with one attached hydrogen (secondary N) is 4. The van der Waals surface area contributed by atoms with E-state index in [2.05, 4.69) is 25.8 Å². The summed E-state index contributed by atoms with van der Waals surface area (Å²) >= 11 is 0. The summed E-state index contributed by atoms with van der Waals surface area (Å²) < 4.78 is 41.4. The van der Waals surface area contributed by atoms with Crippen molar-refractivity contribution in [3.05, 3.63) is 99.9 Å². The van der Waals surface area contributed by atoms with Crippen molar-refractivity contribution in [1.29, 1.82) is 0 Å². The molecule has 1 aromatic heterocycles. The van der Waals surface area contributed by atoms with Crippen molar-refractivity contribution in [3.8, 4) is 0 Å². The van der Waals surface area contributed by atoms with Gasteiger partial charge in [-0.25, -0.2) is 0 Å². The Morgan fingerprint density at radius 3 is 2.30 bits per heavy atom. The van der Waals surface area contributed by atoms with E-state index in [9.17, 15) is 22.8 Å². The molecule has 2 amide bonds. The van der Waals surface area contributed by atoms with Gasteiger partial charge in [0.1, 0.15) is 0 Å². The van der Waals surface area contributed by atoms with Crippen LogP contribution in [0.1, 0.15) is 44.0 Å². The van der Waals surface area contributed by atoms with Crippen LogP contribution in [0, 0.1) is 20.8 Å². The number of aromatic amines is 1. The van der Waals surface area contributed by atoms with Gasteiger partial charge < -0.3 is 30.7 Å². The van der Waals surface area contributed by atoms with E-state index in [1.54, 1.807) is 24.3 Å². The van der Waals surface area contributed by atoms with Crippen LogP contribution in [0.4, 0.5) is 41.6 Å². The Labute approximate surface area is 265 Å². The summed E-state index contributed by atoms with van der Waals surface area (Å²) in [6.45, 7) is 8.65. The van der Waals surface area contributed by atoms with E-state index < -0.39 is 17.6 Å². The number of likely N-dealkylation sites (N-methyl/N-ethyl adjacent to an activating group) is 1. The van der Waals surface area contributed by atoms with Crippen LogP contribution in [-0.4, -0.2) is 54.9 Å². The first kappa shape index (κ1) is 31.0. The van der Waals surface area contributed by atoms with E-state index in [0.717, 1.165) is 53.3 Å². The van der Waals surface area contributed by atoms with Crippen LogP contribution in [0.5, 0.6) is 0 Å². The summed E-state index contributed by atoms with van der Waals surface area (Å²) in [6, 6.07) is 16.0. The average Bonchev–Trinajstić information content (AvgIpc) is 3.45. The molecule has 4 N–H and O–H groups in total. The standard InChI is InChI=1S/C35H35F3N6O2/c1-20-21(2)31(39-22(20)3)19-30-29-9-8-27(18-32(29)42-34(30)46)40-25-6-5-7-26(17-25)41-33(45)23-14-24(35(36,37)38)16-28(15-23)44-12-10-43(4)11-13-44/h5-9,14-19,39-40H,10-13H2,1-4H3,(H,41,45)(H,42,46)/b30-19-. The maximum Gasteiger partial charge on any atom is 0.416 e. The molecule has 4 aromatic rings. The molecule has 3 aromatic carbocycles. The first-order valence-electron chi connectivity index (χ1n) is 15.0. The minimum absolute atomic E-state index is 0.0693. The summed E-state index contributed by atoms with van der Waals surface area (Å²) in [5.41, 5.74) is 7.46. The minimum atomic E-state index is -4.59. The number of hydrogen-bond acceptors (Lipinski definition) is 5. The molecule has 0 atom stereocenters. The molecule has 11 heteroatoms. The molecule has 3 heterocycles. The summed E-state index contributed by atoms with van der Waals surface area (Å²) in [5.74, 6) is -0.826. The second-order valence-corrected chi connectivity index (χ2v) is 11.9. The number of benzene rings is 3. The molecule has 2 aliphatic rings. The Hall–Kier alpha value is -5.03. The van der Waals surface area contributed by atoms with Crippen molar-refractivity contribution < 1.29 is 22.8 Å². The van der Waals surface area contributed by atoms with E-state index in [0.29, 0.717) is 47.1 Å². The number of piperazine rings is 1. The average molecular weight is 629 g/mol. The van der Waals surface area contributed by atoms with Crippen LogP contribution in [0.2, 0.25) is 0 Å². The highest BCUT2D eigenvalue weighted by Gasteiger charge is 2.33. The number of alkyl halides is 3. The first-order valence-corrected chi connectivity index (χ1v) is 15.0. The Balaban J connectivity index is 1.19. The van der Waals surface area contributed by atoms with Crippen molar-refractivity contribution in [2.75, 3.05) is 54.1 Å². The molecule has 8 nitrogen and oxygen atoms in total. The number of anilines is 5. The second-order valence-electron chi connectivity index (χ2n) is 11.9. The number of aromatic nitrogens is 1. The number of amides is 2. The van der Waals surface area contributed by atoms with Crippen LogP contribution in [0.3, 0.4) is 0 Å². The van der Waals surface area contributed by atoms with Gasteiger partial charge in [0.15, 0.2) is 0 Å². The highest BCUT2D eigenvalue weighted by atomic mass is 19.4. The number of nitrogens with zero attached hydrogens (tertiary/aromatic N) is 2. The number of fused-ring (bicyclic) bond motifs is 1. The van der Waals surface area contributed by atoms with Gasteiger partial charge in [-0.3, -0.25) is 9.59 Å². The van der Waals surface area contributed by atoms with Crippen molar-refractivity contribution in [2.45, 2.75) is 26.9 Å². The van der Waals surface area contributed by atoms with Crippen molar-refractivity contribution >= 4 is 51.9 Å². The molecular weight excluding hydrogens is 593 g/mol. The lowest BCUT2D eigenvalue weighted by Gasteiger charge is -2.34. The van der Waals surface area contributed by atoms with Gasteiger partial charge in [0.05, 0.1) is 16.8 Å². The molecule has 0 radical (unpaired) electrons. The Bertz CT molecular complexity index is 1870. The van der Waals surface area contributed by atoms with Gasteiger partial charge in [0.2, 0.25) is 0 Å². The second kappa shape index (κ2) is 12.1. The molecule has 0 spiro atoms. The van der Waals surface area contributed by atoms with Gasteiger partial charge >= 0.3 is 6.18 Å². The number of carbonyl (C=O) groups is 2. The van der Waals surface area contributed by atoms with Crippen LogP contribution in [-0.2, 0) is 11.0 Å². The fraction of sp³-hybridized carbons (Fsp3) is 0.257. The summed E-state index contributed by atoms with van der Waals surface area (Å²) in [4.78, 5) is 33.4. The Morgan fingerprint density at radius 2 is 1.61 bits per heavy atom. The van der Waals surface area contributed by atoms with Gasteiger partial charge in [-0.1, -0.05) is 12.1 Å². The zero-order chi connectivity index (χ0) is 32.7. The van der Waals surface area contributed by atoms with Crippen LogP contribution >= 0.6 is 0 Å². The quantitative estimate of drug-likeness (QED) is 0.170. The SMILES string of the molecule is Cc1[nH]c(/C=C2\C(=O)Nc3cc(Nc4cccc(NC(=O)c5cc(N6CCN(C)CC6)cc(C(F)(F)F)c5)c4)ccc32)c(C)c1C. The van der Waals surface area contributed by atoms with Crippen LogP contribution < -0.4 is 20.9 Å². The van der Waals surface area contributed by atoms with Gasteiger partial charge in [-0.2, -0.15) is 13.2 Å². The lowest BCUT2D eigenvalue weighted by molar-refractivity contribution is -0.137. The molecule has 2 aliphatic heterocycles. The molecule has 1 saturated heterocycles. The third-order valence-corrected chi connectivity index (χ3v) is 8.73. The highest BCUT2D eigenvalue weighted by molar-refractivity contribution is 6.35. The summed E-state index contributed by atoms with van der Waals surface area (Å²) in [5, 5.41) is 8.96. The first-order chi connectivity index (χ1) is 21.9. The maximum absolute atomic E-state index is 13.8. The number of H-pyrrole nitrogens is 1. The van der Waals surface area contributed by atoms with Crippen LogP contribution in [0.15, 0.2) is 60.7 Å². The number of carbonyl (C=O) groups excluding carboxylic acids is 2. The zero-order valence-electron chi connectivity index (χ0n) is 26.0. The number of hydrogen-bond donors (Lipinski definition) is 4. The molecule has 1 fully saturated rings. The molecule has 0 bridgehead atoms. The molecule has 46 heavy (non-hydrogen) atoms.